The molecule has 3 unspecified atom stereocenters. The second-order valence-electron chi connectivity index (χ2n) is 6.58. The highest BCUT2D eigenvalue weighted by Crippen LogP contribution is 2.41. The van der Waals surface area contributed by atoms with Gasteiger partial charge in [0.1, 0.15) is 5.75 Å². The molecule has 0 aromatic heterocycles. The fourth-order valence-corrected chi connectivity index (χ4v) is 4.33. The summed E-state index contributed by atoms with van der Waals surface area (Å²) < 4.78 is 5.35. The fraction of sp³-hybridized carbons (Fsp3) is 0.400. The van der Waals surface area contributed by atoms with E-state index in [4.69, 9.17) is 4.74 Å². The third kappa shape index (κ3) is 3.11. The van der Waals surface area contributed by atoms with Gasteiger partial charge in [0, 0.05) is 18.5 Å². The van der Waals surface area contributed by atoms with Crippen LogP contribution in [0.5, 0.6) is 5.75 Å². The molecule has 0 radical (unpaired) electrons. The van der Waals surface area contributed by atoms with Crippen LogP contribution in [0.2, 0.25) is 0 Å². The molecule has 0 saturated carbocycles. The monoisotopic (exact) mass is 329 g/mol. The van der Waals surface area contributed by atoms with Gasteiger partial charge < -0.3 is 10.1 Å². The number of methoxy groups -OCH3 is 1. The largest absolute Gasteiger partial charge is 0.497 e. The van der Waals surface area contributed by atoms with E-state index in [2.05, 4.69) is 47.8 Å². The lowest BCUT2D eigenvalue weighted by Gasteiger charge is -2.30. The molecule has 122 valence electrons. The number of hydrogen-bond donors (Lipinski definition) is 1. The second kappa shape index (κ2) is 6.94. The maximum absolute atomic E-state index is 5.35. The van der Waals surface area contributed by atoms with Crippen molar-refractivity contribution >= 4 is 12.4 Å². The molecule has 2 aromatic carbocycles. The average molecular weight is 330 g/mol. The van der Waals surface area contributed by atoms with Crippen LogP contribution in [0.15, 0.2) is 48.5 Å². The van der Waals surface area contributed by atoms with Gasteiger partial charge in [-0.25, -0.2) is 0 Å². The van der Waals surface area contributed by atoms with Crippen LogP contribution in [0, 0.1) is 5.92 Å². The van der Waals surface area contributed by atoms with E-state index in [0.717, 1.165) is 24.6 Å². The van der Waals surface area contributed by atoms with E-state index in [1.54, 1.807) is 18.2 Å². The number of fused-ring (bicyclic) bond motifs is 3. The normalized spacial score (nSPS) is 25.2. The van der Waals surface area contributed by atoms with E-state index >= 15 is 0 Å². The van der Waals surface area contributed by atoms with E-state index in [1.165, 1.54) is 18.4 Å². The van der Waals surface area contributed by atoms with Gasteiger partial charge in [-0.1, -0.05) is 36.4 Å². The van der Waals surface area contributed by atoms with Gasteiger partial charge >= 0.3 is 0 Å². The molecule has 1 aliphatic carbocycles. The quantitative estimate of drug-likeness (QED) is 0.919. The lowest BCUT2D eigenvalue weighted by Crippen LogP contribution is -2.31. The molecule has 3 heteroatoms. The maximum Gasteiger partial charge on any atom is 0.119 e. The van der Waals surface area contributed by atoms with Gasteiger partial charge in [0.05, 0.1) is 7.11 Å². The number of rotatable bonds is 3. The molecular formula is C20H24ClNO. The van der Waals surface area contributed by atoms with Crippen LogP contribution < -0.4 is 10.1 Å². The molecule has 2 aliphatic rings. The summed E-state index contributed by atoms with van der Waals surface area (Å²) in [7, 11) is 1.74. The van der Waals surface area contributed by atoms with Crippen molar-refractivity contribution in [1.29, 1.82) is 0 Å². The Morgan fingerprint density at radius 3 is 2.87 bits per heavy atom. The number of benzene rings is 2. The number of aryl methyl sites for hydroxylation is 1. The third-order valence-corrected chi connectivity index (χ3v) is 5.42. The summed E-state index contributed by atoms with van der Waals surface area (Å²) in [6.07, 6.45) is 3.64. The molecule has 1 saturated heterocycles. The molecule has 1 fully saturated rings. The molecule has 1 N–H and O–H groups in total. The molecule has 1 heterocycles. The summed E-state index contributed by atoms with van der Waals surface area (Å²) in [6, 6.07) is 18.1. The molecule has 4 rings (SSSR count). The number of nitrogens with one attached hydrogen (secondary N) is 1. The number of hydrogen-bond acceptors (Lipinski definition) is 2. The Balaban J connectivity index is 0.00000156. The minimum absolute atomic E-state index is 0. The minimum Gasteiger partial charge on any atom is -0.497 e. The fourth-order valence-electron chi connectivity index (χ4n) is 4.33. The zero-order valence-corrected chi connectivity index (χ0v) is 14.3. The lowest BCUT2D eigenvalue weighted by atomic mass is 9.74. The first kappa shape index (κ1) is 16.4. The van der Waals surface area contributed by atoms with Crippen molar-refractivity contribution in [2.24, 2.45) is 5.92 Å². The molecule has 23 heavy (non-hydrogen) atoms. The summed E-state index contributed by atoms with van der Waals surface area (Å²) in [5, 5.41) is 3.78. The third-order valence-electron chi connectivity index (χ3n) is 5.42. The van der Waals surface area contributed by atoms with Crippen molar-refractivity contribution in [3.8, 4) is 5.75 Å². The van der Waals surface area contributed by atoms with Crippen LogP contribution in [0.1, 0.15) is 29.0 Å². The van der Waals surface area contributed by atoms with Crippen molar-refractivity contribution in [1.82, 2.24) is 5.32 Å². The Kier molecular flexibility index (Phi) is 4.93. The second-order valence-corrected chi connectivity index (χ2v) is 6.58. The van der Waals surface area contributed by atoms with Crippen LogP contribution in [0.4, 0.5) is 0 Å². The highest BCUT2D eigenvalue weighted by molar-refractivity contribution is 5.85. The van der Waals surface area contributed by atoms with Gasteiger partial charge in [-0.2, -0.15) is 0 Å². The van der Waals surface area contributed by atoms with Gasteiger partial charge in [0.25, 0.3) is 0 Å². The van der Waals surface area contributed by atoms with Crippen molar-refractivity contribution in [3.63, 3.8) is 0 Å². The first-order chi connectivity index (χ1) is 10.8. The minimum atomic E-state index is 0. The van der Waals surface area contributed by atoms with Crippen LogP contribution >= 0.6 is 12.4 Å². The summed E-state index contributed by atoms with van der Waals surface area (Å²) in [5.74, 6) is 2.42. The van der Waals surface area contributed by atoms with Crippen LogP contribution in [-0.4, -0.2) is 19.7 Å². The molecule has 0 amide bonds. The highest BCUT2D eigenvalue weighted by Gasteiger charge is 2.39. The smallest absolute Gasteiger partial charge is 0.119 e. The maximum atomic E-state index is 5.35. The number of halogens is 1. The average Bonchev–Trinajstić information content (AvgIpc) is 2.98. The zero-order valence-electron chi connectivity index (χ0n) is 13.5. The van der Waals surface area contributed by atoms with E-state index < -0.39 is 0 Å². The Morgan fingerprint density at radius 1 is 1.13 bits per heavy atom. The van der Waals surface area contributed by atoms with Crippen molar-refractivity contribution in [2.45, 2.75) is 31.2 Å². The molecule has 2 aromatic rings. The Hall–Kier alpha value is -1.51. The van der Waals surface area contributed by atoms with Crippen LogP contribution in [-0.2, 0) is 12.8 Å². The van der Waals surface area contributed by atoms with Crippen LogP contribution in [0.3, 0.4) is 0 Å². The Morgan fingerprint density at radius 2 is 2.00 bits per heavy atom. The molecule has 0 bridgehead atoms. The molecule has 2 nitrogen and oxygen atoms in total. The highest BCUT2D eigenvalue weighted by atomic mass is 35.5. The van der Waals surface area contributed by atoms with E-state index in [9.17, 15) is 0 Å². The number of ether oxygens (including phenoxy) is 1. The Labute approximate surface area is 144 Å². The van der Waals surface area contributed by atoms with Crippen LogP contribution in [0.25, 0.3) is 0 Å². The van der Waals surface area contributed by atoms with Crippen molar-refractivity contribution in [3.05, 3.63) is 65.2 Å². The SMILES string of the molecule is COc1cccc(CC2NCC3c4ccccc4CCC23)c1.Cl. The molecule has 0 spiro atoms. The predicted octanol–water partition coefficient (Wildman–Crippen LogP) is 3.98. The van der Waals surface area contributed by atoms with E-state index in [0.29, 0.717) is 12.0 Å². The first-order valence-corrected chi connectivity index (χ1v) is 8.29. The topological polar surface area (TPSA) is 21.3 Å². The lowest BCUT2D eigenvalue weighted by molar-refractivity contribution is 0.372. The molecular weight excluding hydrogens is 306 g/mol. The van der Waals surface area contributed by atoms with E-state index in [-0.39, 0.29) is 12.4 Å². The van der Waals surface area contributed by atoms with E-state index in [1.807, 2.05) is 6.07 Å². The summed E-state index contributed by atoms with van der Waals surface area (Å²) in [6.45, 7) is 1.12. The summed E-state index contributed by atoms with van der Waals surface area (Å²) >= 11 is 0. The van der Waals surface area contributed by atoms with Gasteiger partial charge in [-0.3, -0.25) is 0 Å². The Bertz CT molecular complexity index is 672. The van der Waals surface area contributed by atoms with Gasteiger partial charge in [-0.05, 0) is 54.0 Å². The molecule has 3 atom stereocenters. The van der Waals surface area contributed by atoms with Gasteiger partial charge in [-0.15, -0.1) is 12.4 Å². The standard InChI is InChI=1S/C20H23NO.ClH/c1-22-16-7-4-5-14(11-16)12-20-18-10-9-15-6-2-3-8-17(15)19(18)13-21-20;/h2-8,11,18-21H,9-10,12-13H2,1H3;1H. The first-order valence-electron chi connectivity index (χ1n) is 8.29. The zero-order chi connectivity index (χ0) is 14.9. The summed E-state index contributed by atoms with van der Waals surface area (Å²) in [4.78, 5) is 0. The van der Waals surface area contributed by atoms with Crippen molar-refractivity contribution < 1.29 is 4.74 Å². The molecule has 1 aliphatic heterocycles. The predicted molar refractivity (Wildman–Crippen MR) is 96.7 cm³/mol. The summed E-state index contributed by atoms with van der Waals surface area (Å²) in [5.41, 5.74) is 4.52. The van der Waals surface area contributed by atoms with Gasteiger partial charge in [0.15, 0.2) is 0 Å². The van der Waals surface area contributed by atoms with Gasteiger partial charge in [0.2, 0.25) is 0 Å². The van der Waals surface area contributed by atoms with Crippen molar-refractivity contribution in [2.75, 3.05) is 13.7 Å².